The molecule has 0 unspecified atom stereocenters. The van der Waals surface area contributed by atoms with Crippen molar-refractivity contribution in [1.29, 1.82) is 0 Å². The van der Waals surface area contributed by atoms with Gasteiger partial charge in [0.05, 0.1) is 23.7 Å². The van der Waals surface area contributed by atoms with Gasteiger partial charge in [-0.3, -0.25) is 0 Å². The first-order chi connectivity index (χ1) is 19.2. The second-order valence-corrected chi connectivity index (χ2v) is 13.5. The maximum absolute atomic E-state index is 11.2. The van der Waals surface area contributed by atoms with Gasteiger partial charge in [-0.2, -0.15) is 4.98 Å². The third-order valence-electron chi connectivity index (χ3n) is 10.8. The van der Waals surface area contributed by atoms with E-state index in [9.17, 15) is 15.3 Å². The van der Waals surface area contributed by atoms with E-state index in [0.29, 0.717) is 36.5 Å². The second kappa shape index (κ2) is 12.1. The molecule has 0 aliphatic heterocycles. The van der Waals surface area contributed by atoms with E-state index >= 15 is 0 Å². The number of allylic oxidation sites excluding steroid dienone is 4. The van der Waals surface area contributed by atoms with E-state index in [0.717, 1.165) is 55.5 Å². The molecule has 5 rings (SSSR count). The molecule has 0 aromatic carbocycles. The third-order valence-corrected chi connectivity index (χ3v) is 10.8. The molecule has 7 atom stereocenters. The number of aliphatic hydroxyl groups excluding tert-OH is 3. The number of fused-ring (bicyclic) bond motifs is 1. The molecule has 0 bridgehead atoms. The van der Waals surface area contributed by atoms with Crippen LogP contribution in [0, 0.1) is 23.2 Å². The zero-order chi connectivity index (χ0) is 28.5. The van der Waals surface area contributed by atoms with Gasteiger partial charge in [0.2, 0.25) is 5.89 Å². The fraction of sp³-hybridized carbons (Fsp3) is 0.706. The standard InChI is InChI=1S/C34H50N2O4/c1-5-6-7-10-31-35-32(40-36-31)34(18-19-34)30(39)16-11-22(2)27-14-15-28-24(9-8-17-33(27,28)4)12-13-25-20-26(37)21-29(38)23(25)3/h11-13,16,22,26-30,37-39H,3,5-10,14-15,17-21H2,1-2,4H3/t22-,26-,27-,28+,29+,30+,33-/m1/s1. The zero-order valence-electron chi connectivity index (χ0n) is 24.8. The molecule has 1 aromatic heterocycles. The maximum Gasteiger partial charge on any atom is 0.235 e. The van der Waals surface area contributed by atoms with Crippen molar-refractivity contribution < 1.29 is 19.8 Å². The van der Waals surface area contributed by atoms with Crippen molar-refractivity contribution in [2.24, 2.45) is 23.2 Å². The number of unbranched alkanes of at least 4 members (excludes halogenated alkanes) is 2. The van der Waals surface area contributed by atoms with Gasteiger partial charge in [-0.25, -0.2) is 0 Å². The van der Waals surface area contributed by atoms with Gasteiger partial charge < -0.3 is 19.8 Å². The molecule has 0 spiro atoms. The molecule has 1 heterocycles. The number of nitrogens with zero attached hydrogens (tertiary/aromatic N) is 2. The van der Waals surface area contributed by atoms with Crippen molar-refractivity contribution in [2.75, 3.05) is 0 Å². The van der Waals surface area contributed by atoms with Crippen molar-refractivity contribution in [3.63, 3.8) is 0 Å². The summed E-state index contributed by atoms with van der Waals surface area (Å²) in [5.41, 5.74) is 3.06. The Morgan fingerprint density at radius 2 is 1.93 bits per heavy atom. The summed E-state index contributed by atoms with van der Waals surface area (Å²) in [5.74, 6) is 2.85. The van der Waals surface area contributed by atoms with Crippen molar-refractivity contribution >= 4 is 0 Å². The van der Waals surface area contributed by atoms with E-state index in [-0.39, 0.29) is 5.41 Å². The lowest BCUT2D eigenvalue weighted by Gasteiger charge is -2.44. The van der Waals surface area contributed by atoms with Gasteiger partial charge in [0.15, 0.2) is 5.82 Å². The van der Waals surface area contributed by atoms with Crippen LogP contribution in [0.4, 0.5) is 0 Å². The van der Waals surface area contributed by atoms with Crippen molar-refractivity contribution in [3.8, 4) is 0 Å². The highest BCUT2D eigenvalue weighted by atomic mass is 16.5. The smallest absolute Gasteiger partial charge is 0.235 e. The number of hydrogen-bond donors (Lipinski definition) is 3. The molecule has 4 aliphatic rings. The van der Waals surface area contributed by atoms with Gasteiger partial charge in [-0.1, -0.05) is 75.2 Å². The van der Waals surface area contributed by atoms with Crippen LogP contribution in [0.2, 0.25) is 0 Å². The minimum Gasteiger partial charge on any atom is -0.393 e. The molecule has 4 aliphatic carbocycles. The molecule has 40 heavy (non-hydrogen) atoms. The molecule has 0 amide bonds. The first kappa shape index (κ1) is 29.5. The zero-order valence-corrected chi connectivity index (χ0v) is 24.8. The van der Waals surface area contributed by atoms with Crippen LogP contribution in [-0.2, 0) is 11.8 Å². The predicted molar refractivity (Wildman–Crippen MR) is 157 cm³/mol. The van der Waals surface area contributed by atoms with E-state index in [4.69, 9.17) is 4.52 Å². The van der Waals surface area contributed by atoms with Crippen LogP contribution < -0.4 is 0 Å². The molecule has 0 radical (unpaired) electrons. The molecule has 4 saturated carbocycles. The molecule has 4 fully saturated rings. The molecular weight excluding hydrogens is 500 g/mol. The van der Waals surface area contributed by atoms with Crippen molar-refractivity contribution in [1.82, 2.24) is 10.1 Å². The van der Waals surface area contributed by atoms with Gasteiger partial charge >= 0.3 is 0 Å². The monoisotopic (exact) mass is 550 g/mol. The molecule has 1 aromatic rings. The lowest BCUT2D eigenvalue weighted by atomic mass is 9.61. The number of hydrogen-bond acceptors (Lipinski definition) is 6. The van der Waals surface area contributed by atoms with Crippen LogP contribution in [0.3, 0.4) is 0 Å². The summed E-state index contributed by atoms with van der Waals surface area (Å²) in [6, 6.07) is 0. The Hall–Kier alpha value is -2.02. The lowest BCUT2D eigenvalue weighted by Crippen LogP contribution is -2.35. The molecule has 6 heteroatoms. The largest absolute Gasteiger partial charge is 0.393 e. The number of rotatable bonds is 10. The summed E-state index contributed by atoms with van der Waals surface area (Å²) in [4.78, 5) is 4.66. The Kier molecular flexibility index (Phi) is 8.89. The SMILES string of the molecule is C=C1C(=CC=C2CCC[C@]3(C)[C@@H]([C@H](C)C=C[C@H](O)C4(c5nc(CCCCC)no5)CC4)CC[C@@H]23)C[C@@H](O)C[C@@H]1O. The number of aliphatic hydroxyl groups is 3. The topological polar surface area (TPSA) is 99.6 Å². The Bertz CT molecular complexity index is 1140. The van der Waals surface area contributed by atoms with Crippen LogP contribution in [-0.4, -0.2) is 43.8 Å². The highest BCUT2D eigenvalue weighted by molar-refractivity contribution is 5.38. The normalized spacial score (nSPS) is 35.4. The molecule has 220 valence electrons. The summed E-state index contributed by atoms with van der Waals surface area (Å²) >= 11 is 0. The molecule has 6 nitrogen and oxygen atoms in total. The quantitative estimate of drug-likeness (QED) is 0.226. The summed E-state index contributed by atoms with van der Waals surface area (Å²) in [5, 5.41) is 35.8. The summed E-state index contributed by atoms with van der Waals surface area (Å²) in [7, 11) is 0. The first-order valence-electron chi connectivity index (χ1n) is 15.8. The van der Waals surface area contributed by atoms with E-state index in [1.54, 1.807) is 0 Å². The highest BCUT2D eigenvalue weighted by Gasteiger charge is 2.55. The Labute approximate surface area is 240 Å². The van der Waals surface area contributed by atoms with Gasteiger partial charge in [0.1, 0.15) is 0 Å². The van der Waals surface area contributed by atoms with Gasteiger partial charge in [0.25, 0.3) is 0 Å². The van der Waals surface area contributed by atoms with Crippen LogP contribution in [0.5, 0.6) is 0 Å². The summed E-state index contributed by atoms with van der Waals surface area (Å²) < 4.78 is 5.63. The summed E-state index contributed by atoms with van der Waals surface area (Å²) in [6.07, 6.45) is 19.8. The van der Waals surface area contributed by atoms with Gasteiger partial charge in [-0.15, -0.1) is 0 Å². The van der Waals surface area contributed by atoms with Gasteiger partial charge in [-0.05, 0) is 92.1 Å². The fourth-order valence-electron chi connectivity index (χ4n) is 8.07. The average Bonchev–Trinajstić information content (AvgIpc) is 3.46. The fourth-order valence-corrected chi connectivity index (χ4v) is 8.07. The second-order valence-electron chi connectivity index (χ2n) is 13.5. The van der Waals surface area contributed by atoms with Crippen LogP contribution >= 0.6 is 0 Å². The molecular formula is C34H50N2O4. The lowest BCUT2D eigenvalue weighted by molar-refractivity contribution is 0.0862. The maximum atomic E-state index is 11.2. The van der Waals surface area contributed by atoms with Crippen molar-refractivity contribution in [3.05, 3.63) is 59.3 Å². The van der Waals surface area contributed by atoms with Gasteiger partial charge in [0, 0.05) is 12.8 Å². The number of aryl methyl sites for hydroxylation is 1. The minimum absolute atomic E-state index is 0.233. The highest BCUT2D eigenvalue weighted by Crippen LogP contribution is 2.60. The van der Waals surface area contributed by atoms with E-state index < -0.39 is 23.7 Å². The Morgan fingerprint density at radius 3 is 2.67 bits per heavy atom. The van der Waals surface area contributed by atoms with E-state index in [1.807, 2.05) is 6.08 Å². The van der Waals surface area contributed by atoms with Crippen LogP contribution in [0.15, 0.2) is 52.1 Å². The minimum atomic E-state index is -0.647. The molecule has 0 saturated heterocycles. The summed E-state index contributed by atoms with van der Waals surface area (Å²) in [6.45, 7) is 11.1. The Balaban J connectivity index is 1.24. The third kappa shape index (κ3) is 5.82. The average molecular weight is 551 g/mol. The van der Waals surface area contributed by atoms with E-state index in [2.05, 4.69) is 55.7 Å². The first-order valence-corrected chi connectivity index (χ1v) is 15.8. The van der Waals surface area contributed by atoms with Crippen LogP contribution in [0.1, 0.15) is 110 Å². The van der Waals surface area contributed by atoms with E-state index in [1.165, 1.54) is 37.7 Å². The molecule has 3 N–H and O–H groups in total. The van der Waals surface area contributed by atoms with Crippen LogP contribution in [0.25, 0.3) is 0 Å². The Morgan fingerprint density at radius 1 is 1.12 bits per heavy atom. The number of aromatic nitrogens is 2. The predicted octanol–water partition coefficient (Wildman–Crippen LogP) is 6.53. The van der Waals surface area contributed by atoms with Crippen molar-refractivity contribution in [2.45, 2.75) is 128 Å².